The second-order valence-electron chi connectivity index (χ2n) is 5.35. The van der Waals surface area contributed by atoms with Crippen LogP contribution in [0.25, 0.3) is 0 Å². The van der Waals surface area contributed by atoms with Crippen LogP contribution in [0.1, 0.15) is 26.3 Å². The molecule has 0 saturated heterocycles. The molecule has 0 aromatic heterocycles. The van der Waals surface area contributed by atoms with E-state index in [0.717, 1.165) is 12.1 Å². The van der Waals surface area contributed by atoms with Crippen LogP contribution in [-0.2, 0) is 6.54 Å². The number of rotatable bonds is 5. The average Bonchev–Trinajstić information content (AvgIpc) is 2.27. The highest BCUT2D eigenvalue weighted by molar-refractivity contribution is 5.29. The standard InChI is InChI=1S/C14H23FN2O/c1-14(2,3)17(8-7-16)10-11-5-6-13(18-4)12(15)9-11/h5-6,9H,7-8,10,16H2,1-4H3. The van der Waals surface area contributed by atoms with Crippen molar-refractivity contribution >= 4 is 0 Å². The van der Waals surface area contributed by atoms with Crippen LogP contribution in [0.3, 0.4) is 0 Å². The van der Waals surface area contributed by atoms with Crippen molar-refractivity contribution < 1.29 is 9.13 Å². The lowest BCUT2D eigenvalue weighted by atomic mass is 10.0. The fourth-order valence-electron chi connectivity index (χ4n) is 1.84. The lowest BCUT2D eigenvalue weighted by Crippen LogP contribution is -2.43. The maximum Gasteiger partial charge on any atom is 0.165 e. The predicted octanol–water partition coefficient (Wildman–Crippen LogP) is 2.39. The van der Waals surface area contributed by atoms with Crippen LogP contribution in [0, 0.1) is 5.82 Å². The molecule has 1 rings (SSSR count). The zero-order chi connectivity index (χ0) is 13.8. The molecule has 0 fully saturated rings. The molecule has 3 nitrogen and oxygen atoms in total. The van der Waals surface area contributed by atoms with Crippen LogP contribution in [-0.4, -0.2) is 30.6 Å². The van der Waals surface area contributed by atoms with Crippen molar-refractivity contribution in [3.8, 4) is 5.75 Å². The summed E-state index contributed by atoms with van der Waals surface area (Å²) in [6, 6.07) is 5.07. The van der Waals surface area contributed by atoms with E-state index in [9.17, 15) is 4.39 Å². The first-order valence-corrected chi connectivity index (χ1v) is 6.16. The van der Waals surface area contributed by atoms with Crippen LogP contribution < -0.4 is 10.5 Å². The van der Waals surface area contributed by atoms with Crippen molar-refractivity contribution in [1.82, 2.24) is 4.90 Å². The van der Waals surface area contributed by atoms with Gasteiger partial charge in [-0.25, -0.2) is 4.39 Å². The molecule has 0 unspecified atom stereocenters. The molecular weight excluding hydrogens is 231 g/mol. The number of ether oxygens (including phenoxy) is 1. The van der Waals surface area contributed by atoms with Gasteiger partial charge in [0.25, 0.3) is 0 Å². The van der Waals surface area contributed by atoms with E-state index in [4.69, 9.17) is 10.5 Å². The van der Waals surface area contributed by atoms with E-state index in [-0.39, 0.29) is 17.1 Å². The van der Waals surface area contributed by atoms with Gasteiger partial charge in [0, 0.05) is 25.2 Å². The summed E-state index contributed by atoms with van der Waals surface area (Å²) in [7, 11) is 1.47. The maximum atomic E-state index is 13.6. The maximum absolute atomic E-state index is 13.6. The Kier molecular flexibility index (Phi) is 5.11. The Morgan fingerprint density at radius 1 is 1.33 bits per heavy atom. The molecule has 102 valence electrons. The molecule has 0 saturated carbocycles. The Morgan fingerprint density at radius 2 is 2.00 bits per heavy atom. The zero-order valence-corrected chi connectivity index (χ0v) is 11.7. The number of nitrogens with zero attached hydrogens (tertiary/aromatic N) is 1. The van der Waals surface area contributed by atoms with Gasteiger partial charge in [-0.15, -0.1) is 0 Å². The Bertz CT molecular complexity index is 388. The molecule has 4 heteroatoms. The number of hydrogen-bond acceptors (Lipinski definition) is 3. The number of benzene rings is 1. The molecule has 0 heterocycles. The molecular formula is C14H23FN2O. The summed E-state index contributed by atoms with van der Waals surface area (Å²) in [5, 5.41) is 0. The molecule has 0 radical (unpaired) electrons. The Morgan fingerprint density at radius 3 is 2.44 bits per heavy atom. The lowest BCUT2D eigenvalue weighted by Gasteiger charge is -2.35. The van der Waals surface area contributed by atoms with Gasteiger partial charge >= 0.3 is 0 Å². The molecule has 0 aliphatic rings. The molecule has 1 aromatic carbocycles. The second-order valence-corrected chi connectivity index (χ2v) is 5.35. The van der Waals surface area contributed by atoms with Gasteiger partial charge in [0.2, 0.25) is 0 Å². The molecule has 0 aliphatic carbocycles. The first-order valence-electron chi connectivity index (χ1n) is 6.16. The minimum atomic E-state index is -0.323. The summed E-state index contributed by atoms with van der Waals surface area (Å²) in [6.45, 7) is 8.45. The van der Waals surface area contributed by atoms with E-state index in [0.29, 0.717) is 13.1 Å². The van der Waals surface area contributed by atoms with E-state index in [1.807, 2.05) is 6.07 Å². The highest BCUT2D eigenvalue weighted by Gasteiger charge is 2.20. The quantitative estimate of drug-likeness (QED) is 0.877. The molecule has 2 N–H and O–H groups in total. The van der Waals surface area contributed by atoms with Crippen LogP contribution in [0.4, 0.5) is 4.39 Å². The summed E-state index contributed by atoms with van der Waals surface area (Å²) in [5.74, 6) is -0.0449. The number of hydrogen-bond donors (Lipinski definition) is 1. The number of halogens is 1. The molecule has 0 bridgehead atoms. The Balaban J connectivity index is 2.84. The van der Waals surface area contributed by atoms with Crippen molar-refractivity contribution in [3.05, 3.63) is 29.6 Å². The van der Waals surface area contributed by atoms with Gasteiger partial charge < -0.3 is 10.5 Å². The van der Waals surface area contributed by atoms with Crippen molar-refractivity contribution in [2.75, 3.05) is 20.2 Å². The molecule has 1 aromatic rings. The topological polar surface area (TPSA) is 38.5 Å². The van der Waals surface area contributed by atoms with Gasteiger partial charge in [0.05, 0.1) is 7.11 Å². The molecule has 0 amide bonds. The van der Waals surface area contributed by atoms with E-state index < -0.39 is 0 Å². The Hall–Kier alpha value is -1.13. The van der Waals surface area contributed by atoms with Gasteiger partial charge in [0.15, 0.2) is 11.6 Å². The fourth-order valence-corrected chi connectivity index (χ4v) is 1.84. The van der Waals surface area contributed by atoms with Gasteiger partial charge in [-0.3, -0.25) is 4.90 Å². The predicted molar refractivity (Wildman–Crippen MR) is 72.2 cm³/mol. The SMILES string of the molecule is COc1ccc(CN(CCN)C(C)(C)C)cc1F. The van der Waals surface area contributed by atoms with Gasteiger partial charge in [-0.05, 0) is 38.5 Å². The number of nitrogens with two attached hydrogens (primary N) is 1. The third-order valence-corrected chi connectivity index (χ3v) is 2.94. The van der Waals surface area contributed by atoms with Crippen LogP contribution >= 0.6 is 0 Å². The average molecular weight is 254 g/mol. The van der Waals surface area contributed by atoms with E-state index in [2.05, 4.69) is 25.7 Å². The highest BCUT2D eigenvalue weighted by atomic mass is 19.1. The largest absolute Gasteiger partial charge is 0.494 e. The van der Waals surface area contributed by atoms with Gasteiger partial charge in [0.1, 0.15) is 0 Å². The van der Waals surface area contributed by atoms with E-state index in [1.165, 1.54) is 13.2 Å². The lowest BCUT2D eigenvalue weighted by molar-refractivity contribution is 0.132. The van der Waals surface area contributed by atoms with E-state index in [1.54, 1.807) is 6.07 Å². The smallest absolute Gasteiger partial charge is 0.165 e. The molecule has 0 spiro atoms. The van der Waals surface area contributed by atoms with Gasteiger partial charge in [-0.2, -0.15) is 0 Å². The first kappa shape index (κ1) is 14.9. The normalized spacial score (nSPS) is 11.9. The first-order chi connectivity index (χ1) is 8.38. The third-order valence-electron chi connectivity index (χ3n) is 2.94. The van der Waals surface area contributed by atoms with Crippen LogP contribution in [0.5, 0.6) is 5.75 Å². The summed E-state index contributed by atoms with van der Waals surface area (Å²) >= 11 is 0. The minimum absolute atomic E-state index is 0.00970. The molecule has 18 heavy (non-hydrogen) atoms. The number of methoxy groups -OCH3 is 1. The van der Waals surface area contributed by atoms with Crippen molar-refractivity contribution in [1.29, 1.82) is 0 Å². The van der Waals surface area contributed by atoms with Crippen LogP contribution in [0.15, 0.2) is 18.2 Å². The van der Waals surface area contributed by atoms with Crippen molar-refractivity contribution in [2.45, 2.75) is 32.9 Å². The monoisotopic (exact) mass is 254 g/mol. The Labute approximate surface area is 109 Å². The summed E-state index contributed by atoms with van der Waals surface area (Å²) in [6.07, 6.45) is 0. The third kappa shape index (κ3) is 3.96. The fraction of sp³-hybridized carbons (Fsp3) is 0.571. The zero-order valence-electron chi connectivity index (χ0n) is 11.7. The molecule has 0 aliphatic heterocycles. The summed E-state index contributed by atoms with van der Waals surface area (Å²) in [4.78, 5) is 2.23. The van der Waals surface area contributed by atoms with Gasteiger partial charge in [-0.1, -0.05) is 6.07 Å². The second kappa shape index (κ2) is 6.16. The minimum Gasteiger partial charge on any atom is -0.494 e. The van der Waals surface area contributed by atoms with Crippen molar-refractivity contribution in [3.63, 3.8) is 0 Å². The van der Waals surface area contributed by atoms with Crippen molar-refractivity contribution in [2.24, 2.45) is 5.73 Å². The summed E-state index contributed by atoms with van der Waals surface area (Å²) in [5.41, 5.74) is 6.56. The highest BCUT2D eigenvalue weighted by Crippen LogP contribution is 2.21. The summed E-state index contributed by atoms with van der Waals surface area (Å²) < 4.78 is 18.5. The van der Waals surface area contributed by atoms with E-state index >= 15 is 0 Å². The molecule has 0 atom stereocenters. The van der Waals surface area contributed by atoms with Crippen LogP contribution in [0.2, 0.25) is 0 Å².